The lowest BCUT2D eigenvalue weighted by molar-refractivity contribution is 0.0859. The molecule has 1 saturated heterocycles. The van der Waals surface area contributed by atoms with Crippen molar-refractivity contribution in [3.8, 4) is 0 Å². The monoisotopic (exact) mass is 234 g/mol. The van der Waals surface area contributed by atoms with E-state index in [1.807, 2.05) is 12.1 Å². The van der Waals surface area contributed by atoms with Gasteiger partial charge in [-0.3, -0.25) is 14.7 Å². The number of ketones is 1. The van der Waals surface area contributed by atoms with Gasteiger partial charge in [-0.1, -0.05) is 6.07 Å². The molecule has 1 aliphatic rings. The number of piperidine rings is 1. The third-order valence-electron chi connectivity index (χ3n) is 3.28. The van der Waals surface area contributed by atoms with Gasteiger partial charge in [0.2, 0.25) is 0 Å². The Morgan fingerprint density at radius 1 is 1.41 bits per heavy atom. The molecule has 1 aromatic rings. The van der Waals surface area contributed by atoms with Crippen molar-refractivity contribution in [1.82, 2.24) is 9.88 Å². The van der Waals surface area contributed by atoms with Crippen LogP contribution in [0.25, 0.3) is 0 Å². The highest BCUT2D eigenvalue weighted by Crippen LogP contribution is 2.16. The fraction of sp³-hybridized carbons (Fsp3) is 0.538. The summed E-state index contributed by atoms with van der Waals surface area (Å²) in [6, 6.07) is 5.39. The van der Waals surface area contributed by atoms with Crippen LogP contribution in [0.2, 0.25) is 0 Å². The Kier molecular flexibility index (Phi) is 4.23. The molecule has 0 radical (unpaired) electrons. The van der Waals surface area contributed by atoms with Crippen molar-refractivity contribution in [2.24, 2.45) is 5.92 Å². The molecule has 1 aliphatic heterocycles. The maximum absolute atomic E-state index is 11.9. The number of aliphatic hydroxyl groups excluding tert-OH is 1. The summed E-state index contributed by atoms with van der Waals surface area (Å²) in [5, 5.41) is 9.04. The summed E-state index contributed by atoms with van der Waals surface area (Å²) >= 11 is 0. The second-order valence-corrected chi connectivity index (χ2v) is 4.54. The van der Waals surface area contributed by atoms with E-state index in [0.717, 1.165) is 25.9 Å². The number of aromatic nitrogens is 1. The van der Waals surface area contributed by atoms with Crippen molar-refractivity contribution < 1.29 is 9.90 Å². The molecule has 2 rings (SSSR count). The zero-order valence-electron chi connectivity index (χ0n) is 9.88. The molecule has 0 amide bonds. The summed E-state index contributed by atoms with van der Waals surface area (Å²) in [6.07, 6.45) is 3.60. The van der Waals surface area contributed by atoms with Crippen molar-refractivity contribution in [3.05, 3.63) is 30.1 Å². The maximum atomic E-state index is 11.9. The predicted molar refractivity (Wildman–Crippen MR) is 64.8 cm³/mol. The van der Waals surface area contributed by atoms with E-state index in [0.29, 0.717) is 18.2 Å². The second kappa shape index (κ2) is 5.89. The quantitative estimate of drug-likeness (QED) is 0.789. The average Bonchev–Trinajstić information content (AvgIpc) is 2.40. The maximum Gasteiger partial charge on any atom is 0.195 e. The lowest BCUT2D eigenvalue weighted by Gasteiger charge is -2.30. The number of carbonyl (C=O) groups excluding carboxylic acids is 1. The highest BCUT2D eigenvalue weighted by molar-refractivity contribution is 5.95. The van der Waals surface area contributed by atoms with Crippen molar-refractivity contribution in [1.29, 1.82) is 0 Å². The Balaban J connectivity index is 1.84. The van der Waals surface area contributed by atoms with Crippen molar-refractivity contribution in [2.45, 2.75) is 12.8 Å². The van der Waals surface area contributed by atoms with E-state index in [1.54, 1.807) is 12.3 Å². The molecule has 92 valence electrons. The first-order valence-electron chi connectivity index (χ1n) is 6.07. The molecule has 0 saturated carbocycles. The zero-order valence-corrected chi connectivity index (χ0v) is 9.88. The van der Waals surface area contributed by atoms with E-state index in [1.165, 1.54) is 0 Å². The fourth-order valence-electron chi connectivity index (χ4n) is 2.14. The smallest absolute Gasteiger partial charge is 0.195 e. The molecule has 2 heterocycles. The molecule has 0 bridgehead atoms. The number of likely N-dealkylation sites (tertiary alicyclic amines) is 1. The molecule has 0 spiro atoms. The number of pyridine rings is 1. The van der Waals surface area contributed by atoms with Gasteiger partial charge in [-0.15, -0.1) is 0 Å². The molecule has 17 heavy (non-hydrogen) atoms. The first-order chi connectivity index (χ1) is 8.29. The molecule has 0 aliphatic carbocycles. The van der Waals surface area contributed by atoms with Crippen LogP contribution in [0.1, 0.15) is 23.3 Å². The van der Waals surface area contributed by atoms with E-state index in [-0.39, 0.29) is 12.4 Å². The Hall–Kier alpha value is -1.26. The van der Waals surface area contributed by atoms with Gasteiger partial charge in [0.15, 0.2) is 5.78 Å². The van der Waals surface area contributed by atoms with Gasteiger partial charge in [-0.25, -0.2) is 0 Å². The number of nitrogens with zero attached hydrogens (tertiary/aromatic N) is 2. The predicted octanol–water partition coefficient (Wildman–Crippen LogP) is 0.969. The molecule has 4 nitrogen and oxygen atoms in total. The molecule has 0 atom stereocenters. The lowest BCUT2D eigenvalue weighted by Crippen LogP contribution is -2.38. The summed E-state index contributed by atoms with van der Waals surface area (Å²) in [7, 11) is 0. The minimum Gasteiger partial charge on any atom is -0.396 e. The molecule has 1 N–H and O–H groups in total. The number of aliphatic hydroxyl groups is 1. The summed E-state index contributed by atoms with van der Waals surface area (Å²) < 4.78 is 0. The molecule has 1 fully saturated rings. The third-order valence-corrected chi connectivity index (χ3v) is 3.28. The summed E-state index contributed by atoms with van der Waals surface area (Å²) in [4.78, 5) is 18.1. The Labute approximate surface area is 101 Å². The van der Waals surface area contributed by atoms with E-state index in [4.69, 9.17) is 5.11 Å². The molecular weight excluding hydrogens is 216 g/mol. The van der Waals surface area contributed by atoms with Crippen LogP contribution < -0.4 is 0 Å². The largest absolute Gasteiger partial charge is 0.396 e. The van der Waals surface area contributed by atoms with Gasteiger partial charge in [0, 0.05) is 12.8 Å². The Morgan fingerprint density at radius 2 is 2.18 bits per heavy atom. The fourth-order valence-corrected chi connectivity index (χ4v) is 2.14. The minimum absolute atomic E-state index is 0.0769. The van der Waals surface area contributed by atoms with E-state index in [2.05, 4.69) is 9.88 Å². The van der Waals surface area contributed by atoms with Gasteiger partial charge < -0.3 is 5.11 Å². The summed E-state index contributed by atoms with van der Waals surface area (Å²) in [5.41, 5.74) is 0.539. The number of Topliss-reactive ketones (excluding diaryl/α,β-unsaturated/α-hetero) is 1. The molecule has 1 aromatic heterocycles. The Bertz CT molecular complexity index is 359. The normalized spacial score (nSPS) is 18.2. The van der Waals surface area contributed by atoms with Crippen LogP contribution in [0.3, 0.4) is 0 Å². The van der Waals surface area contributed by atoms with Gasteiger partial charge >= 0.3 is 0 Å². The summed E-state index contributed by atoms with van der Waals surface area (Å²) in [6.45, 7) is 2.49. The van der Waals surface area contributed by atoms with Crippen LogP contribution in [0.4, 0.5) is 0 Å². The third kappa shape index (κ3) is 3.35. The number of hydrogen-bond acceptors (Lipinski definition) is 4. The van der Waals surface area contributed by atoms with E-state index < -0.39 is 0 Å². The van der Waals surface area contributed by atoms with Crippen molar-refractivity contribution >= 4 is 5.78 Å². The Morgan fingerprint density at radius 3 is 2.76 bits per heavy atom. The van der Waals surface area contributed by atoms with Crippen LogP contribution in [0.5, 0.6) is 0 Å². The van der Waals surface area contributed by atoms with Gasteiger partial charge in [0.05, 0.1) is 6.54 Å². The van der Waals surface area contributed by atoms with Crippen LogP contribution in [0.15, 0.2) is 24.4 Å². The standard InChI is InChI=1S/C13H18N2O2/c16-10-11-4-7-15(8-5-11)9-13(17)12-3-1-2-6-14-12/h1-3,6,11,16H,4-5,7-10H2. The van der Waals surface area contributed by atoms with Gasteiger partial charge in [-0.05, 0) is 44.0 Å². The minimum atomic E-state index is 0.0769. The number of rotatable bonds is 4. The van der Waals surface area contributed by atoms with Gasteiger partial charge in [-0.2, -0.15) is 0 Å². The average molecular weight is 234 g/mol. The van der Waals surface area contributed by atoms with E-state index in [9.17, 15) is 4.79 Å². The molecule has 4 heteroatoms. The zero-order chi connectivity index (χ0) is 12.1. The van der Waals surface area contributed by atoms with Gasteiger partial charge in [0.1, 0.15) is 5.69 Å². The first kappa shape index (κ1) is 12.2. The highest BCUT2D eigenvalue weighted by atomic mass is 16.3. The molecule has 0 aromatic carbocycles. The van der Waals surface area contributed by atoms with Crippen molar-refractivity contribution in [3.63, 3.8) is 0 Å². The van der Waals surface area contributed by atoms with E-state index >= 15 is 0 Å². The van der Waals surface area contributed by atoms with Crippen LogP contribution >= 0.6 is 0 Å². The number of carbonyl (C=O) groups is 1. The number of hydrogen-bond donors (Lipinski definition) is 1. The summed E-state index contributed by atoms with van der Waals surface area (Å²) in [5.74, 6) is 0.490. The topological polar surface area (TPSA) is 53.4 Å². The van der Waals surface area contributed by atoms with Crippen LogP contribution in [-0.2, 0) is 0 Å². The lowest BCUT2D eigenvalue weighted by atomic mass is 9.98. The van der Waals surface area contributed by atoms with Crippen LogP contribution in [0, 0.1) is 5.92 Å². The van der Waals surface area contributed by atoms with Gasteiger partial charge in [0.25, 0.3) is 0 Å². The first-order valence-corrected chi connectivity index (χ1v) is 6.07. The highest BCUT2D eigenvalue weighted by Gasteiger charge is 2.20. The second-order valence-electron chi connectivity index (χ2n) is 4.54. The SMILES string of the molecule is O=C(CN1CCC(CO)CC1)c1ccccn1. The van der Waals surface area contributed by atoms with Crippen LogP contribution in [-0.4, -0.2) is 47.0 Å². The molecule has 0 unspecified atom stereocenters. The van der Waals surface area contributed by atoms with Crippen molar-refractivity contribution in [2.75, 3.05) is 26.2 Å². The molecular formula is C13H18N2O2.